The van der Waals surface area contributed by atoms with Crippen molar-refractivity contribution < 1.29 is 5.11 Å². The fourth-order valence-electron chi connectivity index (χ4n) is 2.46. The van der Waals surface area contributed by atoms with E-state index in [0.717, 1.165) is 29.7 Å². The van der Waals surface area contributed by atoms with Crippen molar-refractivity contribution in [3.8, 4) is 0 Å². The Morgan fingerprint density at radius 1 is 1.40 bits per heavy atom. The lowest BCUT2D eigenvalue weighted by Crippen LogP contribution is -2.25. The molecule has 1 fully saturated rings. The van der Waals surface area contributed by atoms with Crippen LogP contribution < -0.4 is 0 Å². The molecule has 1 N–H and O–H groups in total. The third-order valence-electron chi connectivity index (χ3n) is 3.79. The molecular weight excluding hydrogens is 206 g/mol. The third-order valence-corrected chi connectivity index (χ3v) is 4.64. The van der Waals surface area contributed by atoms with Gasteiger partial charge >= 0.3 is 0 Å². The van der Waals surface area contributed by atoms with Crippen molar-refractivity contribution in [1.29, 1.82) is 0 Å². The number of rotatable bonds is 2. The van der Waals surface area contributed by atoms with Crippen LogP contribution in [-0.4, -0.2) is 10.1 Å². The number of hydrogen-bond acceptors (Lipinski definition) is 3. The van der Waals surface area contributed by atoms with E-state index in [9.17, 15) is 5.11 Å². The quantitative estimate of drug-likeness (QED) is 0.838. The Labute approximate surface area is 95.4 Å². The van der Waals surface area contributed by atoms with Gasteiger partial charge in [0.1, 0.15) is 11.1 Å². The first-order valence-electron chi connectivity index (χ1n) is 5.76. The molecule has 4 atom stereocenters. The zero-order valence-electron chi connectivity index (χ0n) is 9.39. The minimum atomic E-state index is -0.333. The standard InChI is InChI=1S/C12H19NOS/c1-8-3-4-10(7-9(8)2)11(14)12-13-5-6-15-12/h5-6,8-11,14H,3-4,7H2,1-2H3. The summed E-state index contributed by atoms with van der Waals surface area (Å²) in [6.07, 6.45) is 4.97. The average molecular weight is 225 g/mol. The van der Waals surface area contributed by atoms with E-state index in [1.54, 1.807) is 17.5 Å². The average Bonchev–Trinajstić information content (AvgIpc) is 2.74. The first kappa shape index (κ1) is 11.1. The van der Waals surface area contributed by atoms with Gasteiger partial charge in [-0.25, -0.2) is 4.98 Å². The molecule has 2 nitrogen and oxygen atoms in total. The summed E-state index contributed by atoms with van der Waals surface area (Å²) >= 11 is 1.57. The van der Waals surface area contributed by atoms with Gasteiger partial charge in [-0.1, -0.05) is 20.3 Å². The molecular formula is C12H19NOS. The molecule has 1 aromatic heterocycles. The molecule has 0 bridgehead atoms. The highest BCUT2D eigenvalue weighted by Crippen LogP contribution is 2.40. The molecule has 3 heteroatoms. The highest BCUT2D eigenvalue weighted by Gasteiger charge is 2.30. The van der Waals surface area contributed by atoms with Crippen LogP contribution in [0, 0.1) is 17.8 Å². The van der Waals surface area contributed by atoms with E-state index in [2.05, 4.69) is 18.8 Å². The van der Waals surface area contributed by atoms with Gasteiger partial charge in [-0.2, -0.15) is 0 Å². The maximum absolute atomic E-state index is 10.2. The molecule has 84 valence electrons. The molecule has 0 aromatic carbocycles. The fraction of sp³-hybridized carbons (Fsp3) is 0.750. The van der Waals surface area contributed by atoms with Crippen molar-refractivity contribution in [2.75, 3.05) is 0 Å². The molecule has 0 amide bonds. The summed E-state index contributed by atoms with van der Waals surface area (Å²) in [6.45, 7) is 4.61. The van der Waals surface area contributed by atoms with Crippen LogP contribution in [0.4, 0.5) is 0 Å². The Bertz CT molecular complexity index is 299. The van der Waals surface area contributed by atoms with Gasteiger partial charge in [-0.3, -0.25) is 0 Å². The minimum absolute atomic E-state index is 0.333. The van der Waals surface area contributed by atoms with E-state index in [1.807, 2.05) is 5.38 Å². The van der Waals surface area contributed by atoms with Crippen molar-refractivity contribution in [2.45, 2.75) is 39.2 Å². The SMILES string of the molecule is CC1CCC(C(O)c2nccs2)CC1C. The highest BCUT2D eigenvalue weighted by atomic mass is 32.1. The molecule has 0 radical (unpaired) electrons. The fourth-order valence-corrected chi connectivity index (χ4v) is 3.17. The molecule has 15 heavy (non-hydrogen) atoms. The number of nitrogens with zero attached hydrogens (tertiary/aromatic N) is 1. The molecule has 4 unspecified atom stereocenters. The normalized spacial score (nSPS) is 33.9. The molecule has 0 aliphatic heterocycles. The zero-order valence-corrected chi connectivity index (χ0v) is 10.2. The molecule has 1 aromatic rings. The summed E-state index contributed by atoms with van der Waals surface area (Å²) in [5.41, 5.74) is 0. The molecule has 1 saturated carbocycles. The second-order valence-electron chi connectivity index (χ2n) is 4.84. The van der Waals surface area contributed by atoms with Gasteiger partial charge in [0.2, 0.25) is 0 Å². The van der Waals surface area contributed by atoms with E-state index in [4.69, 9.17) is 0 Å². The van der Waals surface area contributed by atoms with Crippen LogP contribution in [0.1, 0.15) is 44.2 Å². The van der Waals surface area contributed by atoms with Crippen LogP contribution >= 0.6 is 11.3 Å². The van der Waals surface area contributed by atoms with Gasteiger partial charge in [0.05, 0.1) is 0 Å². The van der Waals surface area contributed by atoms with Crippen LogP contribution in [0.25, 0.3) is 0 Å². The predicted octanol–water partition coefficient (Wildman–Crippen LogP) is 3.25. The molecule has 0 spiro atoms. The summed E-state index contributed by atoms with van der Waals surface area (Å²) in [4.78, 5) is 4.20. The van der Waals surface area contributed by atoms with Gasteiger partial charge in [0.25, 0.3) is 0 Å². The van der Waals surface area contributed by atoms with Crippen molar-refractivity contribution in [3.63, 3.8) is 0 Å². The Hall–Kier alpha value is -0.410. The Morgan fingerprint density at radius 2 is 2.20 bits per heavy atom. The molecule has 1 heterocycles. The maximum atomic E-state index is 10.2. The monoisotopic (exact) mass is 225 g/mol. The minimum Gasteiger partial charge on any atom is -0.386 e. The van der Waals surface area contributed by atoms with Crippen molar-refractivity contribution in [3.05, 3.63) is 16.6 Å². The first-order valence-corrected chi connectivity index (χ1v) is 6.64. The largest absolute Gasteiger partial charge is 0.386 e. The molecule has 1 aliphatic carbocycles. The highest BCUT2D eigenvalue weighted by molar-refractivity contribution is 7.09. The smallest absolute Gasteiger partial charge is 0.121 e. The van der Waals surface area contributed by atoms with Crippen LogP contribution in [0.15, 0.2) is 11.6 Å². The topological polar surface area (TPSA) is 33.1 Å². The number of aromatic nitrogens is 1. The first-order chi connectivity index (χ1) is 7.18. The molecule has 0 saturated heterocycles. The van der Waals surface area contributed by atoms with Crippen LogP contribution in [0.5, 0.6) is 0 Å². The second-order valence-corrected chi connectivity index (χ2v) is 5.77. The van der Waals surface area contributed by atoms with Gasteiger partial charge < -0.3 is 5.11 Å². The lowest BCUT2D eigenvalue weighted by molar-refractivity contribution is 0.0559. The van der Waals surface area contributed by atoms with Crippen LogP contribution in [0.3, 0.4) is 0 Å². The summed E-state index contributed by atoms with van der Waals surface area (Å²) in [5, 5.41) is 13.0. The van der Waals surface area contributed by atoms with Crippen LogP contribution in [-0.2, 0) is 0 Å². The summed E-state index contributed by atoms with van der Waals surface area (Å²) in [5.74, 6) is 1.96. The number of aliphatic hydroxyl groups is 1. The van der Waals surface area contributed by atoms with E-state index in [0.29, 0.717) is 5.92 Å². The van der Waals surface area contributed by atoms with Crippen molar-refractivity contribution >= 4 is 11.3 Å². The lowest BCUT2D eigenvalue weighted by atomic mass is 9.74. The van der Waals surface area contributed by atoms with E-state index >= 15 is 0 Å². The van der Waals surface area contributed by atoms with E-state index in [1.165, 1.54) is 6.42 Å². The summed E-state index contributed by atoms with van der Waals surface area (Å²) in [6, 6.07) is 0. The number of thiazole rings is 1. The number of aliphatic hydroxyl groups excluding tert-OH is 1. The maximum Gasteiger partial charge on any atom is 0.121 e. The Morgan fingerprint density at radius 3 is 2.80 bits per heavy atom. The van der Waals surface area contributed by atoms with E-state index in [-0.39, 0.29) is 6.10 Å². The predicted molar refractivity (Wildman–Crippen MR) is 62.7 cm³/mol. The third kappa shape index (κ3) is 2.40. The van der Waals surface area contributed by atoms with E-state index < -0.39 is 0 Å². The summed E-state index contributed by atoms with van der Waals surface area (Å²) < 4.78 is 0. The van der Waals surface area contributed by atoms with Crippen LogP contribution in [0.2, 0.25) is 0 Å². The van der Waals surface area contributed by atoms with Gasteiger partial charge in [-0.15, -0.1) is 11.3 Å². The second kappa shape index (κ2) is 4.62. The number of hydrogen-bond donors (Lipinski definition) is 1. The molecule has 2 rings (SSSR count). The Balaban J connectivity index is 2.00. The summed E-state index contributed by atoms with van der Waals surface area (Å²) in [7, 11) is 0. The van der Waals surface area contributed by atoms with Crippen molar-refractivity contribution in [1.82, 2.24) is 4.98 Å². The van der Waals surface area contributed by atoms with Gasteiger partial charge in [0, 0.05) is 11.6 Å². The van der Waals surface area contributed by atoms with Gasteiger partial charge in [0.15, 0.2) is 0 Å². The van der Waals surface area contributed by atoms with Crippen molar-refractivity contribution in [2.24, 2.45) is 17.8 Å². The Kier molecular flexibility index (Phi) is 3.42. The zero-order chi connectivity index (χ0) is 10.8. The molecule has 1 aliphatic rings. The lowest BCUT2D eigenvalue weighted by Gasteiger charge is -2.33. The van der Waals surface area contributed by atoms with Gasteiger partial charge in [-0.05, 0) is 30.6 Å².